The van der Waals surface area contributed by atoms with E-state index in [2.05, 4.69) is 12.1 Å². The molecule has 1 amide bonds. The third-order valence-electron chi connectivity index (χ3n) is 3.31. The van der Waals surface area contributed by atoms with Gasteiger partial charge in [0, 0.05) is 6.42 Å². The first-order valence-electron chi connectivity index (χ1n) is 6.79. The highest BCUT2D eigenvalue weighted by atomic mass is 16.6. The SMILES string of the molecule is CCOC(=O)N1CC(Cc2ccccc2)OCC1C. The van der Waals surface area contributed by atoms with Crippen molar-refractivity contribution in [2.45, 2.75) is 32.4 Å². The van der Waals surface area contributed by atoms with Gasteiger partial charge in [0.2, 0.25) is 0 Å². The Bertz CT molecular complexity index is 407. The fourth-order valence-corrected chi connectivity index (χ4v) is 2.28. The molecule has 0 aromatic heterocycles. The smallest absolute Gasteiger partial charge is 0.410 e. The lowest BCUT2D eigenvalue weighted by atomic mass is 10.1. The molecule has 4 nitrogen and oxygen atoms in total. The number of morpholine rings is 1. The fraction of sp³-hybridized carbons (Fsp3) is 0.533. The van der Waals surface area contributed by atoms with Crippen LogP contribution in [0.2, 0.25) is 0 Å². The summed E-state index contributed by atoms with van der Waals surface area (Å²) in [6, 6.07) is 10.3. The molecule has 1 fully saturated rings. The van der Waals surface area contributed by atoms with Crippen molar-refractivity contribution >= 4 is 6.09 Å². The third kappa shape index (κ3) is 3.70. The van der Waals surface area contributed by atoms with Crippen LogP contribution in [0.1, 0.15) is 19.4 Å². The number of hydrogen-bond acceptors (Lipinski definition) is 3. The second-order valence-corrected chi connectivity index (χ2v) is 4.85. The lowest BCUT2D eigenvalue weighted by Crippen LogP contribution is -2.51. The first kappa shape index (κ1) is 13.9. The highest BCUT2D eigenvalue weighted by Crippen LogP contribution is 2.16. The monoisotopic (exact) mass is 263 g/mol. The molecule has 0 bridgehead atoms. The molecule has 1 aliphatic rings. The minimum Gasteiger partial charge on any atom is -0.450 e. The Hall–Kier alpha value is -1.55. The predicted octanol–water partition coefficient (Wildman–Crippen LogP) is 2.47. The summed E-state index contributed by atoms with van der Waals surface area (Å²) in [6.07, 6.45) is 0.628. The maximum atomic E-state index is 11.9. The summed E-state index contributed by atoms with van der Waals surface area (Å²) in [5.41, 5.74) is 1.23. The largest absolute Gasteiger partial charge is 0.450 e. The molecule has 19 heavy (non-hydrogen) atoms. The number of carbonyl (C=O) groups excluding carboxylic acids is 1. The van der Waals surface area contributed by atoms with E-state index in [9.17, 15) is 4.79 Å². The molecule has 2 rings (SSSR count). The first-order chi connectivity index (χ1) is 9.20. The number of carbonyl (C=O) groups is 1. The Labute approximate surface area is 114 Å². The van der Waals surface area contributed by atoms with E-state index in [1.165, 1.54) is 5.56 Å². The number of ether oxygens (including phenoxy) is 2. The minimum atomic E-state index is -0.239. The molecular weight excluding hydrogens is 242 g/mol. The summed E-state index contributed by atoms with van der Waals surface area (Å²) in [4.78, 5) is 13.6. The summed E-state index contributed by atoms with van der Waals surface area (Å²) >= 11 is 0. The van der Waals surface area contributed by atoms with Crippen molar-refractivity contribution in [3.8, 4) is 0 Å². The molecule has 0 radical (unpaired) electrons. The molecule has 104 valence electrons. The summed E-state index contributed by atoms with van der Waals surface area (Å²) in [5.74, 6) is 0. The number of hydrogen-bond donors (Lipinski definition) is 0. The molecule has 1 aliphatic heterocycles. The van der Waals surface area contributed by atoms with E-state index in [-0.39, 0.29) is 18.2 Å². The van der Waals surface area contributed by atoms with Gasteiger partial charge in [0.1, 0.15) is 0 Å². The molecule has 0 N–H and O–H groups in total. The molecule has 2 unspecified atom stereocenters. The average molecular weight is 263 g/mol. The van der Waals surface area contributed by atoms with Gasteiger partial charge in [0.05, 0.1) is 31.9 Å². The van der Waals surface area contributed by atoms with Crippen LogP contribution in [0.15, 0.2) is 30.3 Å². The van der Waals surface area contributed by atoms with E-state index in [0.29, 0.717) is 19.8 Å². The van der Waals surface area contributed by atoms with Crippen molar-refractivity contribution < 1.29 is 14.3 Å². The quantitative estimate of drug-likeness (QED) is 0.841. The molecular formula is C15H21NO3. The van der Waals surface area contributed by atoms with Crippen LogP contribution in [0.3, 0.4) is 0 Å². The Kier molecular flexibility index (Phi) is 4.80. The van der Waals surface area contributed by atoms with E-state index in [0.717, 1.165) is 6.42 Å². The van der Waals surface area contributed by atoms with Crippen molar-refractivity contribution in [1.29, 1.82) is 0 Å². The van der Waals surface area contributed by atoms with Gasteiger partial charge in [-0.2, -0.15) is 0 Å². The van der Waals surface area contributed by atoms with Gasteiger partial charge in [-0.3, -0.25) is 0 Å². The maximum absolute atomic E-state index is 11.9. The van der Waals surface area contributed by atoms with Crippen molar-refractivity contribution in [1.82, 2.24) is 4.90 Å². The first-order valence-corrected chi connectivity index (χ1v) is 6.79. The lowest BCUT2D eigenvalue weighted by Gasteiger charge is -2.37. The van der Waals surface area contributed by atoms with Crippen LogP contribution in [0.5, 0.6) is 0 Å². The molecule has 1 aromatic rings. The highest BCUT2D eigenvalue weighted by Gasteiger charge is 2.30. The summed E-state index contributed by atoms with van der Waals surface area (Å²) in [6.45, 7) is 5.37. The van der Waals surface area contributed by atoms with Gasteiger partial charge in [-0.05, 0) is 19.4 Å². The van der Waals surface area contributed by atoms with Crippen LogP contribution >= 0.6 is 0 Å². The van der Waals surface area contributed by atoms with Crippen LogP contribution in [-0.2, 0) is 15.9 Å². The zero-order valence-corrected chi connectivity index (χ0v) is 11.5. The Morgan fingerprint density at radius 1 is 1.42 bits per heavy atom. The van der Waals surface area contributed by atoms with E-state index in [1.54, 1.807) is 4.90 Å². The van der Waals surface area contributed by atoms with Crippen molar-refractivity contribution in [3.63, 3.8) is 0 Å². The second-order valence-electron chi connectivity index (χ2n) is 4.85. The molecule has 4 heteroatoms. The van der Waals surface area contributed by atoms with E-state index < -0.39 is 0 Å². The van der Waals surface area contributed by atoms with Crippen molar-refractivity contribution in [3.05, 3.63) is 35.9 Å². The molecule has 0 saturated carbocycles. The number of benzene rings is 1. The molecule has 0 aliphatic carbocycles. The number of amides is 1. The average Bonchev–Trinajstić information content (AvgIpc) is 2.42. The number of rotatable bonds is 3. The van der Waals surface area contributed by atoms with Crippen LogP contribution in [-0.4, -0.2) is 42.9 Å². The van der Waals surface area contributed by atoms with Crippen LogP contribution in [0.4, 0.5) is 4.79 Å². The highest BCUT2D eigenvalue weighted by molar-refractivity contribution is 5.68. The van der Waals surface area contributed by atoms with E-state index >= 15 is 0 Å². The topological polar surface area (TPSA) is 38.8 Å². The summed E-state index contributed by atoms with van der Waals surface area (Å²) in [7, 11) is 0. The zero-order chi connectivity index (χ0) is 13.7. The molecule has 1 saturated heterocycles. The molecule has 2 atom stereocenters. The van der Waals surface area contributed by atoms with Gasteiger partial charge in [-0.25, -0.2) is 4.79 Å². The molecule has 1 heterocycles. The lowest BCUT2D eigenvalue weighted by molar-refractivity contribution is -0.0524. The molecule has 1 aromatic carbocycles. The van der Waals surface area contributed by atoms with Crippen LogP contribution in [0, 0.1) is 0 Å². The maximum Gasteiger partial charge on any atom is 0.410 e. The van der Waals surface area contributed by atoms with Gasteiger partial charge in [0.25, 0.3) is 0 Å². The Morgan fingerprint density at radius 2 is 2.16 bits per heavy atom. The Morgan fingerprint density at radius 3 is 2.84 bits per heavy atom. The van der Waals surface area contributed by atoms with Gasteiger partial charge >= 0.3 is 6.09 Å². The molecule has 0 spiro atoms. The van der Waals surface area contributed by atoms with E-state index in [4.69, 9.17) is 9.47 Å². The van der Waals surface area contributed by atoms with Gasteiger partial charge in [-0.15, -0.1) is 0 Å². The predicted molar refractivity (Wildman–Crippen MR) is 73.1 cm³/mol. The summed E-state index contributed by atoms with van der Waals surface area (Å²) in [5, 5.41) is 0. The third-order valence-corrected chi connectivity index (χ3v) is 3.31. The fourth-order valence-electron chi connectivity index (χ4n) is 2.28. The standard InChI is InChI=1S/C15H21NO3/c1-3-18-15(17)16-10-14(19-11-12(16)2)9-13-7-5-4-6-8-13/h4-8,12,14H,3,9-11H2,1-2H3. The van der Waals surface area contributed by atoms with Gasteiger partial charge < -0.3 is 14.4 Å². The second kappa shape index (κ2) is 6.57. The van der Waals surface area contributed by atoms with Crippen LogP contribution in [0.25, 0.3) is 0 Å². The number of nitrogens with zero attached hydrogens (tertiary/aromatic N) is 1. The zero-order valence-electron chi connectivity index (χ0n) is 11.5. The normalized spacial score (nSPS) is 23.2. The van der Waals surface area contributed by atoms with Gasteiger partial charge in [0.15, 0.2) is 0 Å². The van der Waals surface area contributed by atoms with Crippen molar-refractivity contribution in [2.75, 3.05) is 19.8 Å². The van der Waals surface area contributed by atoms with Crippen molar-refractivity contribution in [2.24, 2.45) is 0 Å². The van der Waals surface area contributed by atoms with Gasteiger partial charge in [-0.1, -0.05) is 30.3 Å². The Balaban J connectivity index is 1.95. The minimum absolute atomic E-state index is 0.0445. The summed E-state index contributed by atoms with van der Waals surface area (Å²) < 4.78 is 10.9. The van der Waals surface area contributed by atoms with Crippen LogP contribution < -0.4 is 0 Å². The van der Waals surface area contributed by atoms with E-state index in [1.807, 2.05) is 32.0 Å².